The molecule has 1 aliphatic rings. The second-order valence-corrected chi connectivity index (χ2v) is 6.48. The molecule has 0 radical (unpaired) electrons. The summed E-state index contributed by atoms with van der Waals surface area (Å²) in [4.78, 5) is 30.2. The van der Waals surface area contributed by atoms with Crippen LogP contribution in [-0.4, -0.2) is 29.4 Å². The minimum absolute atomic E-state index is 0.110. The molecule has 0 fully saturated rings. The SMILES string of the molecule is CC1Oc2ccc(C(C)N)cc2N(CC(=O)Nc2nccs2)C1=O. The number of hydrogen-bond acceptors (Lipinski definition) is 6. The molecular weight excluding hydrogens is 328 g/mol. The molecule has 24 heavy (non-hydrogen) atoms. The molecule has 2 atom stereocenters. The van der Waals surface area contributed by atoms with Gasteiger partial charge in [0, 0.05) is 17.6 Å². The van der Waals surface area contributed by atoms with Crippen LogP contribution in [0, 0.1) is 0 Å². The standard InChI is InChI=1S/C16H18N4O3S/c1-9(17)11-3-4-13-12(7-11)20(15(22)10(2)23-13)8-14(21)19-16-18-5-6-24-16/h3-7,9-10H,8,17H2,1-2H3,(H,18,19,21). The van der Waals surface area contributed by atoms with Gasteiger partial charge in [-0.05, 0) is 31.5 Å². The fourth-order valence-corrected chi connectivity index (χ4v) is 3.00. The van der Waals surface area contributed by atoms with Gasteiger partial charge >= 0.3 is 0 Å². The number of nitrogens with zero attached hydrogens (tertiary/aromatic N) is 2. The van der Waals surface area contributed by atoms with Crippen LogP contribution >= 0.6 is 11.3 Å². The Balaban J connectivity index is 1.87. The fourth-order valence-electron chi connectivity index (χ4n) is 2.46. The van der Waals surface area contributed by atoms with Crippen LogP contribution in [0.5, 0.6) is 5.75 Å². The molecule has 126 valence electrons. The van der Waals surface area contributed by atoms with Crippen molar-refractivity contribution in [2.24, 2.45) is 5.73 Å². The molecule has 0 saturated heterocycles. The van der Waals surface area contributed by atoms with Gasteiger partial charge in [-0.15, -0.1) is 11.3 Å². The molecule has 0 spiro atoms. The van der Waals surface area contributed by atoms with Crippen LogP contribution < -0.4 is 20.7 Å². The first-order chi connectivity index (χ1) is 11.5. The van der Waals surface area contributed by atoms with Crippen molar-refractivity contribution in [2.45, 2.75) is 26.0 Å². The number of nitrogens with two attached hydrogens (primary N) is 1. The molecular formula is C16H18N4O3S. The Hall–Kier alpha value is -2.45. The normalized spacial score (nSPS) is 17.9. The van der Waals surface area contributed by atoms with Crippen molar-refractivity contribution < 1.29 is 14.3 Å². The van der Waals surface area contributed by atoms with Crippen LogP contribution in [0.15, 0.2) is 29.8 Å². The van der Waals surface area contributed by atoms with Crippen molar-refractivity contribution in [3.05, 3.63) is 35.3 Å². The van der Waals surface area contributed by atoms with E-state index in [1.54, 1.807) is 30.6 Å². The van der Waals surface area contributed by atoms with E-state index in [1.807, 2.05) is 13.0 Å². The van der Waals surface area contributed by atoms with Gasteiger partial charge < -0.3 is 15.8 Å². The highest BCUT2D eigenvalue weighted by Crippen LogP contribution is 2.35. The summed E-state index contributed by atoms with van der Waals surface area (Å²) in [5.41, 5.74) is 7.34. The first-order valence-electron chi connectivity index (χ1n) is 7.52. The molecule has 1 aromatic carbocycles. The van der Waals surface area contributed by atoms with Crippen LogP contribution in [0.3, 0.4) is 0 Å². The number of thiazole rings is 1. The van der Waals surface area contributed by atoms with E-state index < -0.39 is 6.10 Å². The zero-order valence-electron chi connectivity index (χ0n) is 13.4. The van der Waals surface area contributed by atoms with Crippen LogP contribution in [0.4, 0.5) is 10.8 Å². The molecule has 2 heterocycles. The quantitative estimate of drug-likeness (QED) is 0.881. The summed E-state index contributed by atoms with van der Waals surface area (Å²) in [7, 11) is 0. The number of carbonyl (C=O) groups is 2. The molecule has 0 bridgehead atoms. The largest absolute Gasteiger partial charge is 0.479 e. The van der Waals surface area contributed by atoms with Gasteiger partial charge in [-0.3, -0.25) is 14.5 Å². The van der Waals surface area contributed by atoms with Gasteiger partial charge in [-0.25, -0.2) is 4.98 Å². The van der Waals surface area contributed by atoms with E-state index in [0.717, 1.165) is 5.56 Å². The lowest BCUT2D eigenvalue weighted by Gasteiger charge is -2.33. The topological polar surface area (TPSA) is 97.6 Å². The molecule has 2 aromatic rings. The summed E-state index contributed by atoms with van der Waals surface area (Å²) >= 11 is 1.32. The average molecular weight is 346 g/mol. The number of hydrogen-bond donors (Lipinski definition) is 2. The highest BCUT2D eigenvalue weighted by molar-refractivity contribution is 7.13. The van der Waals surface area contributed by atoms with Crippen LogP contribution in [0.2, 0.25) is 0 Å². The Kier molecular flexibility index (Phi) is 4.50. The van der Waals surface area contributed by atoms with E-state index >= 15 is 0 Å². The Morgan fingerprint density at radius 1 is 1.54 bits per heavy atom. The van der Waals surface area contributed by atoms with Crippen LogP contribution in [0.1, 0.15) is 25.5 Å². The number of carbonyl (C=O) groups excluding carboxylic acids is 2. The number of aromatic nitrogens is 1. The Bertz CT molecular complexity index is 761. The van der Waals surface area contributed by atoms with E-state index in [2.05, 4.69) is 10.3 Å². The molecule has 1 aromatic heterocycles. The summed E-state index contributed by atoms with van der Waals surface area (Å²) < 4.78 is 5.62. The molecule has 0 aliphatic carbocycles. The number of anilines is 2. The van der Waals surface area contributed by atoms with Crippen molar-refractivity contribution in [3.63, 3.8) is 0 Å². The predicted octanol–water partition coefficient (Wildman–Crippen LogP) is 1.92. The summed E-state index contributed by atoms with van der Waals surface area (Å²) in [6.45, 7) is 3.41. The third-order valence-corrected chi connectivity index (χ3v) is 4.39. The lowest BCUT2D eigenvalue weighted by molar-refractivity contribution is -0.127. The van der Waals surface area contributed by atoms with Crippen molar-refractivity contribution in [3.8, 4) is 5.75 Å². The fraction of sp³-hybridized carbons (Fsp3) is 0.312. The molecule has 2 unspecified atom stereocenters. The summed E-state index contributed by atoms with van der Waals surface area (Å²) in [5.74, 6) is -0.0169. The third kappa shape index (κ3) is 3.24. The van der Waals surface area contributed by atoms with E-state index in [0.29, 0.717) is 16.6 Å². The van der Waals surface area contributed by atoms with E-state index in [-0.39, 0.29) is 24.4 Å². The van der Waals surface area contributed by atoms with Crippen molar-refractivity contribution >= 4 is 34.0 Å². The Morgan fingerprint density at radius 2 is 2.33 bits per heavy atom. The van der Waals surface area contributed by atoms with Crippen molar-refractivity contribution in [1.82, 2.24) is 4.98 Å². The summed E-state index contributed by atoms with van der Waals surface area (Å²) in [5, 5.41) is 4.95. The number of benzene rings is 1. The molecule has 2 amide bonds. The number of amides is 2. The number of ether oxygens (including phenoxy) is 1. The molecule has 7 nitrogen and oxygen atoms in total. The molecule has 3 N–H and O–H groups in total. The van der Waals surface area contributed by atoms with Gasteiger partial charge in [0.2, 0.25) is 5.91 Å². The van der Waals surface area contributed by atoms with Gasteiger partial charge in [0.1, 0.15) is 12.3 Å². The average Bonchev–Trinajstić information content (AvgIpc) is 3.04. The lowest BCUT2D eigenvalue weighted by Crippen LogP contribution is -2.47. The number of fused-ring (bicyclic) bond motifs is 1. The zero-order chi connectivity index (χ0) is 17.3. The first kappa shape index (κ1) is 16.4. The second-order valence-electron chi connectivity index (χ2n) is 5.59. The van der Waals surface area contributed by atoms with Crippen LogP contribution in [-0.2, 0) is 9.59 Å². The highest BCUT2D eigenvalue weighted by Gasteiger charge is 2.33. The maximum Gasteiger partial charge on any atom is 0.268 e. The highest BCUT2D eigenvalue weighted by atomic mass is 32.1. The van der Waals surface area contributed by atoms with Gasteiger partial charge in [0.25, 0.3) is 5.91 Å². The van der Waals surface area contributed by atoms with Gasteiger partial charge in [-0.2, -0.15) is 0 Å². The molecule has 3 rings (SSSR count). The van der Waals surface area contributed by atoms with Gasteiger partial charge in [0.15, 0.2) is 11.2 Å². The molecule has 1 aliphatic heterocycles. The molecule has 0 saturated carbocycles. The van der Waals surface area contributed by atoms with Crippen LogP contribution in [0.25, 0.3) is 0 Å². The Morgan fingerprint density at radius 3 is 3.00 bits per heavy atom. The van der Waals surface area contributed by atoms with E-state index in [4.69, 9.17) is 10.5 Å². The zero-order valence-corrected chi connectivity index (χ0v) is 14.2. The minimum atomic E-state index is -0.647. The van der Waals surface area contributed by atoms with Gasteiger partial charge in [0.05, 0.1) is 5.69 Å². The van der Waals surface area contributed by atoms with Crippen molar-refractivity contribution in [1.29, 1.82) is 0 Å². The predicted molar refractivity (Wildman–Crippen MR) is 92.2 cm³/mol. The number of nitrogens with one attached hydrogen (secondary N) is 1. The smallest absolute Gasteiger partial charge is 0.268 e. The van der Waals surface area contributed by atoms with E-state index in [1.165, 1.54) is 16.2 Å². The minimum Gasteiger partial charge on any atom is -0.479 e. The monoisotopic (exact) mass is 346 g/mol. The van der Waals surface area contributed by atoms with E-state index in [9.17, 15) is 9.59 Å². The summed E-state index contributed by atoms with van der Waals surface area (Å²) in [6.07, 6.45) is 0.957. The maximum atomic E-state index is 12.5. The number of rotatable bonds is 4. The lowest BCUT2D eigenvalue weighted by atomic mass is 10.1. The Labute approximate surface area is 143 Å². The van der Waals surface area contributed by atoms with Gasteiger partial charge in [-0.1, -0.05) is 6.07 Å². The maximum absolute atomic E-state index is 12.5. The second kappa shape index (κ2) is 6.58. The first-order valence-corrected chi connectivity index (χ1v) is 8.40. The summed E-state index contributed by atoms with van der Waals surface area (Å²) in [6, 6.07) is 5.25. The third-order valence-electron chi connectivity index (χ3n) is 3.70. The molecule has 8 heteroatoms. The van der Waals surface area contributed by atoms with Crippen molar-refractivity contribution in [2.75, 3.05) is 16.8 Å².